The Morgan fingerprint density at radius 3 is 2.53 bits per heavy atom. The quantitative estimate of drug-likeness (QED) is 0.631. The maximum Gasteiger partial charge on any atom is 0.137 e. The number of nitrogens with zero attached hydrogens (tertiary/aromatic N) is 2. The van der Waals surface area contributed by atoms with Crippen LogP contribution in [0.2, 0.25) is 5.02 Å². The fourth-order valence-corrected chi connectivity index (χ4v) is 2.00. The number of hydrogen-bond donors (Lipinski definition) is 0. The number of hydrogen-bond acceptors (Lipinski definition) is 1. The zero-order valence-electron chi connectivity index (χ0n) is 9.39. The highest BCUT2D eigenvalue weighted by molar-refractivity contribution is 6.30. The summed E-state index contributed by atoms with van der Waals surface area (Å²) in [6.45, 7) is 2.08. The lowest BCUT2D eigenvalue weighted by atomic mass is 10.1. The lowest BCUT2D eigenvalue weighted by molar-refractivity contribution is 1.19. The first-order valence-electron chi connectivity index (χ1n) is 5.44. The second-order valence-electron chi connectivity index (χ2n) is 4.10. The van der Waals surface area contributed by atoms with E-state index < -0.39 is 0 Å². The van der Waals surface area contributed by atoms with Crippen molar-refractivity contribution in [3.63, 3.8) is 0 Å². The molecule has 2 nitrogen and oxygen atoms in total. The van der Waals surface area contributed by atoms with Crippen LogP contribution in [0.5, 0.6) is 0 Å². The molecule has 2 heterocycles. The Morgan fingerprint density at radius 2 is 1.76 bits per heavy atom. The number of aryl methyl sites for hydroxylation is 1. The monoisotopic (exact) mass is 242 g/mol. The molecule has 2 aromatic heterocycles. The van der Waals surface area contributed by atoms with Gasteiger partial charge in [0.15, 0.2) is 0 Å². The molecule has 17 heavy (non-hydrogen) atoms. The first kappa shape index (κ1) is 10.4. The molecule has 0 fully saturated rings. The molecule has 0 aliphatic heterocycles. The molecule has 0 amide bonds. The molecule has 3 rings (SSSR count). The van der Waals surface area contributed by atoms with Crippen molar-refractivity contribution in [1.82, 2.24) is 9.38 Å². The SMILES string of the molecule is Cc1ccc(-c2cn3cc(Cl)ccc3n2)cc1. The Morgan fingerprint density at radius 1 is 1.00 bits per heavy atom. The van der Waals surface area contributed by atoms with Gasteiger partial charge in [-0.2, -0.15) is 0 Å². The molecule has 3 heteroatoms. The van der Waals surface area contributed by atoms with Crippen molar-refractivity contribution in [1.29, 1.82) is 0 Å². The average molecular weight is 243 g/mol. The maximum absolute atomic E-state index is 5.95. The van der Waals surface area contributed by atoms with Crippen LogP contribution in [0.25, 0.3) is 16.9 Å². The van der Waals surface area contributed by atoms with Crippen molar-refractivity contribution < 1.29 is 0 Å². The molecule has 0 saturated carbocycles. The first-order valence-corrected chi connectivity index (χ1v) is 5.81. The van der Waals surface area contributed by atoms with E-state index in [1.807, 2.05) is 28.9 Å². The standard InChI is InChI=1S/C14H11ClN2/c1-10-2-4-11(5-3-10)13-9-17-8-12(15)6-7-14(17)16-13/h2-9H,1H3. The van der Waals surface area contributed by atoms with Gasteiger partial charge in [0.2, 0.25) is 0 Å². The van der Waals surface area contributed by atoms with Crippen LogP contribution in [0, 0.1) is 6.92 Å². The summed E-state index contributed by atoms with van der Waals surface area (Å²) < 4.78 is 1.94. The van der Waals surface area contributed by atoms with E-state index in [2.05, 4.69) is 36.2 Å². The summed E-state index contributed by atoms with van der Waals surface area (Å²) in [5.41, 5.74) is 4.24. The van der Waals surface area contributed by atoms with Crippen molar-refractivity contribution >= 4 is 17.2 Å². The number of halogens is 1. The highest BCUT2D eigenvalue weighted by atomic mass is 35.5. The number of benzene rings is 1. The van der Waals surface area contributed by atoms with Crippen molar-refractivity contribution in [3.05, 3.63) is 59.4 Å². The van der Waals surface area contributed by atoms with E-state index in [4.69, 9.17) is 11.6 Å². The van der Waals surface area contributed by atoms with Crippen LogP contribution < -0.4 is 0 Å². The van der Waals surface area contributed by atoms with Gasteiger partial charge in [0, 0.05) is 18.0 Å². The third-order valence-electron chi connectivity index (χ3n) is 2.76. The van der Waals surface area contributed by atoms with Gasteiger partial charge in [-0.25, -0.2) is 4.98 Å². The number of rotatable bonds is 1. The van der Waals surface area contributed by atoms with Gasteiger partial charge in [0.05, 0.1) is 10.7 Å². The molecule has 1 aromatic carbocycles. The van der Waals surface area contributed by atoms with Gasteiger partial charge in [-0.1, -0.05) is 41.4 Å². The molecule has 3 aromatic rings. The lowest BCUT2D eigenvalue weighted by Crippen LogP contribution is -1.79. The molecule has 84 valence electrons. The summed E-state index contributed by atoms with van der Waals surface area (Å²) in [6.07, 6.45) is 3.85. The maximum atomic E-state index is 5.95. The molecule has 0 bridgehead atoms. The van der Waals surface area contributed by atoms with Crippen LogP contribution in [0.3, 0.4) is 0 Å². The van der Waals surface area contributed by atoms with E-state index in [0.717, 1.165) is 16.9 Å². The first-order chi connectivity index (χ1) is 8.22. The molecular formula is C14H11ClN2. The number of fused-ring (bicyclic) bond motifs is 1. The molecule has 0 atom stereocenters. The second-order valence-corrected chi connectivity index (χ2v) is 4.54. The summed E-state index contributed by atoms with van der Waals surface area (Å²) in [5.74, 6) is 0. The Balaban J connectivity index is 2.14. The summed E-state index contributed by atoms with van der Waals surface area (Å²) in [4.78, 5) is 4.56. The molecule has 0 spiro atoms. The molecule has 0 unspecified atom stereocenters. The molecule has 0 aliphatic carbocycles. The molecule has 0 saturated heterocycles. The predicted molar refractivity (Wildman–Crippen MR) is 70.4 cm³/mol. The van der Waals surface area contributed by atoms with E-state index in [0.29, 0.717) is 5.02 Å². The number of pyridine rings is 1. The minimum atomic E-state index is 0.713. The lowest BCUT2D eigenvalue weighted by Gasteiger charge is -1.96. The van der Waals surface area contributed by atoms with Gasteiger partial charge in [-0.05, 0) is 19.1 Å². The zero-order chi connectivity index (χ0) is 11.8. The van der Waals surface area contributed by atoms with Crippen molar-refractivity contribution in [3.8, 4) is 11.3 Å². The Kier molecular flexibility index (Phi) is 2.37. The normalized spacial score (nSPS) is 10.9. The molecule has 0 radical (unpaired) electrons. The van der Waals surface area contributed by atoms with Crippen molar-refractivity contribution in [2.45, 2.75) is 6.92 Å². The smallest absolute Gasteiger partial charge is 0.137 e. The van der Waals surface area contributed by atoms with Crippen molar-refractivity contribution in [2.24, 2.45) is 0 Å². The highest BCUT2D eigenvalue weighted by Gasteiger charge is 2.04. The minimum absolute atomic E-state index is 0.713. The van der Waals surface area contributed by atoms with Crippen LogP contribution in [0.1, 0.15) is 5.56 Å². The average Bonchev–Trinajstić information content (AvgIpc) is 2.72. The van der Waals surface area contributed by atoms with E-state index in [1.165, 1.54) is 5.56 Å². The number of aromatic nitrogens is 2. The van der Waals surface area contributed by atoms with Crippen LogP contribution >= 0.6 is 11.6 Å². The van der Waals surface area contributed by atoms with Crippen LogP contribution in [-0.4, -0.2) is 9.38 Å². The van der Waals surface area contributed by atoms with Gasteiger partial charge >= 0.3 is 0 Å². The van der Waals surface area contributed by atoms with Gasteiger partial charge < -0.3 is 4.40 Å². The Labute approximate surface area is 104 Å². The van der Waals surface area contributed by atoms with E-state index in [-0.39, 0.29) is 0 Å². The third kappa shape index (κ3) is 1.92. The molecular weight excluding hydrogens is 232 g/mol. The topological polar surface area (TPSA) is 17.3 Å². The summed E-state index contributed by atoms with van der Waals surface area (Å²) in [6, 6.07) is 12.1. The fourth-order valence-electron chi connectivity index (χ4n) is 1.83. The summed E-state index contributed by atoms with van der Waals surface area (Å²) in [7, 11) is 0. The van der Waals surface area contributed by atoms with Crippen LogP contribution in [0.4, 0.5) is 0 Å². The summed E-state index contributed by atoms with van der Waals surface area (Å²) >= 11 is 5.95. The largest absolute Gasteiger partial charge is 0.305 e. The van der Waals surface area contributed by atoms with Gasteiger partial charge in [-0.15, -0.1) is 0 Å². The van der Waals surface area contributed by atoms with Crippen molar-refractivity contribution in [2.75, 3.05) is 0 Å². The van der Waals surface area contributed by atoms with Crippen LogP contribution in [0.15, 0.2) is 48.8 Å². The van der Waals surface area contributed by atoms with E-state index in [1.54, 1.807) is 0 Å². The Bertz CT molecular complexity index is 668. The van der Waals surface area contributed by atoms with Crippen LogP contribution in [-0.2, 0) is 0 Å². The van der Waals surface area contributed by atoms with E-state index in [9.17, 15) is 0 Å². The van der Waals surface area contributed by atoms with Gasteiger partial charge in [-0.3, -0.25) is 0 Å². The molecule has 0 aliphatic rings. The summed E-state index contributed by atoms with van der Waals surface area (Å²) in [5, 5.41) is 0.713. The third-order valence-corrected chi connectivity index (χ3v) is 2.99. The highest BCUT2D eigenvalue weighted by Crippen LogP contribution is 2.20. The zero-order valence-corrected chi connectivity index (χ0v) is 10.1. The minimum Gasteiger partial charge on any atom is -0.305 e. The molecule has 0 N–H and O–H groups in total. The Hall–Kier alpha value is -1.80. The second kappa shape index (κ2) is 3.90. The van der Waals surface area contributed by atoms with E-state index >= 15 is 0 Å². The predicted octanol–water partition coefficient (Wildman–Crippen LogP) is 3.96. The number of imidazole rings is 1. The van der Waals surface area contributed by atoms with Gasteiger partial charge in [0.1, 0.15) is 5.65 Å². The fraction of sp³-hybridized carbons (Fsp3) is 0.0714. The van der Waals surface area contributed by atoms with Gasteiger partial charge in [0.25, 0.3) is 0 Å².